The molecule has 0 saturated heterocycles. The smallest absolute Gasteiger partial charge is 0.0931 e. The Kier molecular flexibility index (Phi) is 18.1. The number of rotatable bonds is 17. The number of unbranched alkanes of at least 4 members (excludes halogenated alkanes) is 13. The molecule has 0 aliphatic carbocycles. The van der Waals surface area contributed by atoms with Crippen molar-refractivity contribution >= 4 is 5.84 Å². The molecule has 0 rings (SSSR count). The molecule has 0 amide bonds. The van der Waals surface area contributed by atoms with Crippen LogP contribution in [0.3, 0.4) is 0 Å². The van der Waals surface area contributed by atoms with Gasteiger partial charge in [-0.15, -0.1) is 0 Å². The van der Waals surface area contributed by atoms with Gasteiger partial charge < -0.3 is 5.32 Å². The largest absolute Gasteiger partial charge is 0.374 e. The predicted molar refractivity (Wildman–Crippen MR) is 101 cm³/mol. The SMILES string of the molecule is CCCCCCCCCCCCCCCCNC(=N)CCC. The lowest BCUT2D eigenvalue weighted by molar-refractivity contribution is 0.534. The standard InChI is InChI=1S/C20H42N2/c1-3-5-6-7-8-9-10-11-12-13-14-15-16-17-19-22-20(21)18-4-2/h3-19H2,1-2H3,(H2,21,22). The Balaban J connectivity index is 3.01. The van der Waals surface area contributed by atoms with E-state index in [9.17, 15) is 0 Å². The number of hydrogen-bond acceptors (Lipinski definition) is 1. The van der Waals surface area contributed by atoms with Gasteiger partial charge in [0, 0.05) is 13.0 Å². The molecule has 2 N–H and O–H groups in total. The van der Waals surface area contributed by atoms with Crippen LogP contribution in [0.4, 0.5) is 0 Å². The summed E-state index contributed by atoms with van der Waals surface area (Å²) < 4.78 is 0. The van der Waals surface area contributed by atoms with E-state index in [0.29, 0.717) is 0 Å². The lowest BCUT2D eigenvalue weighted by atomic mass is 10.0. The molecule has 132 valence electrons. The zero-order chi connectivity index (χ0) is 16.3. The summed E-state index contributed by atoms with van der Waals surface area (Å²) >= 11 is 0. The molecule has 0 heterocycles. The van der Waals surface area contributed by atoms with Gasteiger partial charge in [0.1, 0.15) is 0 Å². The van der Waals surface area contributed by atoms with Crippen molar-refractivity contribution in [2.75, 3.05) is 6.54 Å². The summed E-state index contributed by atoms with van der Waals surface area (Å²) in [4.78, 5) is 0. The minimum atomic E-state index is 0.720. The summed E-state index contributed by atoms with van der Waals surface area (Å²) in [6.07, 6.45) is 21.7. The van der Waals surface area contributed by atoms with Crippen LogP contribution in [0.15, 0.2) is 0 Å². The van der Waals surface area contributed by atoms with Gasteiger partial charge in [-0.1, -0.05) is 97.3 Å². The molecular weight excluding hydrogens is 268 g/mol. The van der Waals surface area contributed by atoms with Gasteiger partial charge in [-0.25, -0.2) is 0 Å². The summed E-state index contributed by atoms with van der Waals surface area (Å²) in [7, 11) is 0. The third-order valence-electron chi connectivity index (χ3n) is 4.37. The first-order valence-corrected chi connectivity index (χ1v) is 10.1. The Bertz CT molecular complexity index is 226. The van der Waals surface area contributed by atoms with Crippen LogP contribution in [0.5, 0.6) is 0 Å². The molecule has 0 bridgehead atoms. The minimum absolute atomic E-state index is 0.720. The van der Waals surface area contributed by atoms with Crippen molar-refractivity contribution in [1.82, 2.24) is 5.32 Å². The predicted octanol–water partition coefficient (Wildman–Crippen LogP) is 6.83. The van der Waals surface area contributed by atoms with Crippen molar-refractivity contribution in [3.63, 3.8) is 0 Å². The maximum atomic E-state index is 7.65. The molecular formula is C20H42N2. The van der Waals surface area contributed by atoms with Crippen LogP contribution >= 0.6 is 0 Å². The van der Waals surface area contributed by atoms with Gasteiger partial charge >= 0.3 is 0 Å². The highest BCUT2D eigenvalue weighted by Crippen LogP contribution is 2.12. The first kappa shape index (κ1) is 21.5. The molecule has 0 fully saturated rings. The van der Waals surface area contributed by atoms with Gasteiger partial charge in [-0.2, -0.15) is 0 Å². The van der Waals surface area contributed by atoms with E-state index >= 15 is 0 Å². The monoisotopic (exact) mass is 310 g/mol. The Labute approximate surface area is 140 Å². The lowest BCUT2D eigenvalue weighted by Crippen LogP contribution is -2.23. The second-order valence-electron chi connectivity index (χ2n) is 6.75. The van der Waals surface area contributed by atoms with Crippen LogP contribution in [-0.2, 0) is 0 Å². The van der Waals surface area contributed by atoms with Crippen LogP contribution < -0.4 is 5.32 Å². The fraction of sp³-hybridized carbons (Fsp3) is 0.950. The van der Waals surface area contributed by atoms with Crippen LogP contribution in [-0.4, -0.2) is 12.4 Å². The van der Waals surface area contributed by atoms with Crippen molar-refractivity contribution in [2.45, 2.75) is 117 Å². The van der Waals surface area contributed by atoms with Crippen LogP contribution in [0.25, 0.3) is 0 Å². The topological polar surface area (TPSA) is 35.9 Å². The first-order chi connectivity index (χ1) is 10.8. The maximum absolute atomic E-state index is 7.65. The van der Waals surface area contributed by atoms with Gasteiger partial charge in [0.2, 0.25) is 0 Å². The highest BCUT2D eigenvalue weighted by molar-refractivity contribution is 5.78. The maximum Gasteiger partial charge on any atom is 0.0931 e. The molecule has 2 heteroatoms. The summed E-state index contributed by atoms with van der Waals surface area (Å²) in [5.74, 6) is 0.720. The summed E-state index contributed by atoms with van der Waals surface area (Å²) in [6.45, 7) is 5.41. The Morgan fingerprint density at radius 3 is 1.41 bits per heavy atom. The van der Waals surface area contributed by atoms with Crippen molar-refractivity contribution in [3.8, 4) is 0 Å². The fourth-order valence-electron chi connectivity index (χ4n) is 2.90. The van der Waals surface area contributed by atoms with E-state index in [2.05, 4.69) is 19.2 Å². The second kappa shape index (κ2) is 18.5. The molecule has 0 aromatic carbocycles. The molecule has 0 aromatic heterocycles. The molecule has 2 nitrogen and oxygen atoms in total. The van der Waals surface area contributed by atoms with E-state index in [-0.39, 0.29) is 0 Å². The molecule has 22 heavy (non-hydrogen) atoms. The zero-order valence-corrected chi connectivity index (χ0v) is 15.5. The van der Waals surface area contributed by atoms with Crippen molar-refractivity contribution in [3.05, 3.63) is 0 Å². The van der Waals surface area contributed by atoms with E-state index in [1.807, 2.05) is 0 Å². The minimum Gasteiger partial charge on any atom is -0.374 e. The molecule has 0 atom stereocenters. The number of amidine groups is 1. The lowest BCUT2D eigenvalue weighted by Gasteiger charge is -2.06. The molecule has 0 radical (unpaired) electrons. The third-order valence-corrected chi connectivity index (χ3v) is 4.37. The highest BCUT2D eigenvalue weighted by Gasteiger charge is 1.95. The Morgan fingerprint density at radius 2 is 1.00 bits per heavy atom. The quantitative estimate of drug-likeness (QED) is 0.172. The van der Waals surface area contributed by atoms with E-state index < -0.39 is 0 Å². The van der Waals surface area contributed by atoms with Gasteiger partial charge in [0.15, 0.2) is 0 Å². The molecule has 0 spiro atoms. The highest BCUT2D eigenvalue weighted by atomic mass is 14.9. The average Bonchev–Trinajstić information content (AvgIpc) is 2.51. The van der Waals surface area contributed by atoms with Gasteiger partial charge in [0.25, 0.3) is 0 Å². The van der Waals surface area contributed by atoms with E-state index in [0.717, 1.165) is 25.2 Å². The first-order valence-electron chi connectivity index (χ1n) is 10.1. The summed E-state index contributed by atoms with van der Waals surface area (Å²) in [5.41, 5.74) is 0. The zero-order valence-electron chi connectivity index (χ0n) is 15.5. The third kappa shape index (κ3) is 17.5. The molecule has 0 aliphatic rings. The second-order valence-corrected chi connectivity index (χ2v) is 6.75. The van der Waals surface area contributed by atoms with Crippen LogP contribution in [0.2, 0.25) is 0 Å². The normalized spacial score (nSPS) is 10.8. The average molecular weight is 311 g/mol. The summed E-state index contributed by atoms with van der Waals surface area (Å²) in [6, 6.07) is 0. The number of hydrogen-bond donors (Lipinski definition) is 2. The van der Waals surface area contributed by atoms with Crippen LogP contribution in [0, 0.1) is 5.41 Å². The number of nitrogens with one attached hydrogen (secondary N) is 2. The molecule has 0 saturated carbocycles. The molecule has 0 aliphatic heterocycles. The molecule has 0 aromatic rings. The van der Waals surface area contributed by atoms with Gasteiger partial charge in [0.05, 0.1) is 5.84 Å². The molecule has 0 unspecified atom stereocenters. The van der Waals surface area contributed by atoms with Crippen LogP contribution in [0.1, 0.15) is 117 Å². The van der Waals surface area contributed by atoms with Crippen molar-refractivity contribution < 1.29 is 0 Å². The van der Waals surface area contributed by atoms with Crippen molar-refractivity contribution in [1.29, 1.82) is 5.41 Å². The van der Waals surface area contributed by atoms with E-state index in [4.69, 9.17) is 5.41 Å². The van der Waals surface area contributed by atoms with Gasteiger partial charge in [-0.3, -0.25) is 5.41 Å². The van der Waals surface area contributed by atoms with Crippen molar-refractivity contribution in [2.24, 2.45) is 0 Å². The Hall–Kier alpha value is -0.530. The Morgan fingerprint density at radius 1 is 0.591 bits per heavy atom. The van der Waals surface area contributed by atoms with E-state index in [1.165, 1.54) is 89.9 Å². The van der Waals surface area contributed by atoms with E-state index in [1.54, 1.807) is 0 Å². The van der Waals surface area contributed by atoms with Gasteiger partial charge in [-0.05, 0) is 12.8 Å². The fourth-order valence-corrected chi connectivity index (χ4v) is 2.90. The summed E-state index contributed by atoms with van der Waals surface area (Å²) in [5, 5.41) is 10.9.